The van der Waals surface area contributed by atoms with Crippen LogP contribution in [-0.4, -0.2) is 11.3 Å². The number of hydrogen-bond donors (Lipinski definition) is 3. The van der Waals surface area contributed by atoms with Gasteiger partial charge >= 0.3 is 6.18 Å². The Labute approximate surface area is 77.5 Å². The molecule has 0 amide bonds. The van der Waals surface area contributed by atoms with Crippen LogP contribution in [0, 0.1) is 0 Å². The van der Waals surface area contributed by atoms with Crippen LogP contribution in [0.15, 0.2) is 24.3 Å². The summed E-state index contributed by atoms with van der Waals surface area (Å²) < 4.78 is 37.5. The fraction of sp³-hybridized carbons (Fsp3) is 0.250. The third kappa shape index (κ3) is 1.23. The van der Waals surface area contributed by atoms with Gasteiger partial charge in [0.25, 0.3) is 0 Å². The molecule has 1 aliphatic rings. The molecule has 1 aromatic carbocycles. The van der Waals surface area contributed by atoms with Gasteiger partial charge in [-0.05, 0) is 17.7 Å². The van der Waals surface area contributed by atoms with Crippen molar-refractivity contribution in [1.29, 1.82) is 0 Å². The summed E-state index contributed by atoms with van der Waals surface area (Å²) in [7, 11) is 0. The molecule has 0 spiro atoms. The van der Waals surface area contributed by atoms with E-state index < -0.39 is 11.8 Å². The van der Waals surface area contributed by atoms with Crippen molar-refractivity contribution in [2.75, 3.05) is 0 Å². The Hall–Kier alpha value is -1.27. The van der Waals surface area contributed by atoms with Crippen LogP contribution in [0.25, 0.3) is 0 Å². The standard InChI is InChI=1S/C8H7F3N2O/c9-8(10,11)7(12-13-7)5-1-3-6(14)4-2-5/h1-4,12-14H. The van der Waals surface area contributed by atoms with Crippen molar-refractivity contribution in [2.45, 2.75) is 11.8 Å². The molecular formula is C8H7F3N2O. The van der Waals surface area contributed by atoms with E-state index in [2.05, 4.69) is 10.9 Å². The first-order chi connectivity index (χ1) is 6.46. The van der Waals surface area contributed by atoms with Gasteiger partial charge in [-0.1, -0.05) is 12.1 Å². The van der Waals surface area contributed by atoms with Gasteiger partial charge in [-0.15, -0.1) is 0 Å². The van der Waals surface area contributed by atoms with Crippen LogP contribution in [0.2, 0.25) is 0 Å². The molecule has 1 saturated heterocycles. The molecule has 0 saturated carbocycles. The van der Waals surface area contributed by atoms with Gasteiger partial charge in [0.1, 0.15) is 5.75 Å². The van der Waals surface area contributed by atoms with Gasteiger partial charge in [-0.2, -0.15) is 13.2 Å². The molecule has 3 nitrogen and oxygen atoms in total. The minimum atomic E-state index is -4.40. The van der Waals surface area contributed by atoms with Gasteiger partial charge in [-0.25, -0.2) is 10.9 Å². The molecular weight excluding hydrogens is 197 g/mol. The third-order valence-corrected chi connectivity index (χ3v) is 2.10. The van der Waals surface area contributed by atoms with Crippen LogP contribution in [-0.2, 0) is 5.66 Å². The Morgan fingerprint density at radius 1 is 1.07 bits per heavy atom. The summed E-state index contributed by atoms with van der Waals surface area (Å²) >= 11 is 0. The minimum Gasteiger partial charge on any atom is -0.508 e. The van der Waals surface area contributed by atoms with Crippen molar-refractivity contribution < 1.29 is 18.3 Å². The average Bonchev–Trinajstić information content (AvgIpc) is 2.84. The zero-order valence-corrected chi connectivity index (χ0v) is 6.89. The highest BCUT2D eigenvalue weighted by molar-refractivity contribution is 5.34. The molecule has 0 bridgehead atoms. The summed E-state index contributed by atoms with van der Waals surface area (Å²) in [4.78, 5) is 0. The lowest BCUT2D eigenvalue weighted by molar-refractivity contribution is -0.165. The highest BCUT2D eigenvalue weighted by atomic mass is 19.4. The van der Waals surface area contributed by atoms with E-state index in [4.69, 9.17) is 5.11 Å². The molecule has 2 rings (SSSR count). The van der Waals surface area contributed by atoms with E-state index in [1.807, 2.05) is 0 Å². The Morgan fingerprint density at radius 2 is 1.57 bits per heavy atom. The first-order valence-corrected chi connectivity index (χ1v) is 3.86. The van der Waals surface area contributed by atoms with Crippen molar-refractivity contribution in [2.24, 2.45) is 0 Å². The number of rotatable bonds is 1. The van der Waals surface area contributed by atoms with E-state index in [0.29, 0.717) is 0 Å². The van der Waals surface area contributed by atoms with E-state index in [1.165, 1.54) is 24.3 Å². The van der Waals surface area contributed by atoms with Crippen molar-refractivity contribution in [3.63, 3.8) is 0 Å². The maximum Gasteiger partial charge on any atom is 0.426 e. The second kappa shape index (κ2) is 2.61. The first-order valence-electron chi connectivity index (χ1n) is 3.86. The van der Waals surface area contributed by atoms with Crippen LogP contribution in [0.1, 0.15) is 5.56 Å². The third-order valence-electron chi connectivity index (χ3n) is 2.10. The number of hydrogen-bond acceptors (Lipinski definition) is 3. The number of nitrogens with one attached hydrogen (secondary N) is 2. The second-order valence-electron chi connectivity index (χ2n) is 3.04. The van der Waals surface area contributed by atoms with Gasteiger partial charge < -0.3 is 5.11 Å². The Balaban J connectivity index is 2.36. The Kier molecular flexibility index (Phi) is 1.73. The van der Waals surface area contributed by atoms with Crippen LogP contribution in [0.4, 0.5) is 13.2 Å². The monoisotopic (exact) mass is 204 g/mol. The summed E-state index contributed by atoms with van der Waals surface area (Å²) in [5.74, 6) is -0.0632. The zero-order chi connectivity index (χ0) is 10.4. The molecule has 1 aromatic rings. The normalized spacial score (nSPS) is 19.4. The molecule has 0 aromatic heterocycles. The van der Waals surface area contributed by atoms with Crippen LogP contribution < -0.4 is 10.9 Å². The van der Waals surface area contributed by atoms with Crippen LogP contribution >= 0.6 is 0 Å². The number of benzene rings is 1. The van der Waals surface area contributed by atoms with Crippen molar-refractivity contribution >= 4 is 0 Å². The highest BCUT2D eigenvalue weighted by Crippen LogP contribution is 2.42. The lowest BCUT2D eigenvalue weighted by Crippen LogP contribution is -2.34. The number of phenolic OH excluding ortho intramolecular Hbond substituents is 1. The summed E-state index contributed by atoms with van der Waals surface area (Å²) in [6.45, 7) is 0. The smallest absolute Gasteiger partial charge is 0.426 e. The number of aromatic hydroxyl groups is 1. The maximum absolute atomic E-state index is 12.5. The van der Waals surface area contributed by atoms with E-state index in [-0.39, 0.29) is 11.3 Å². The summed E-state index contributed by atoms with van der Waals surface area (Å²) in [6.07, 6.45) is -4.40. The van der Waals surface area contributed by atoms with E-state index >= 15 is 0 Å². The van der Waals surface area contributed by atoms with Gasteiger partial charge in [0.15, 0.2) is 0 Å². The Bertz CT molecular complexity index is 343. The van der Waals surface area contributed by atoms with Gasteiger partial charge in [0.05, 0.1) is 0 Å². The molecule has 1 fully saturated rings. The summed E-state index contributed by atoms with van der Waals surface area (Å²) in [6, 6.07) is 4.86. The second-order valence-corrected chi connectivity index (χ2v) is 3.04. The lowest BCUT2D eigenvalue weighted by atomic mass is 10.0. The number of halogens is 3. The SMILES string of the molecule is Oc1ccc(C2(C(F)(F)F)NN2)cc1. The molecule has 1 aliphatic heterocycles. The number of phenols is 1. The molecule has 14 heavy (non-hydrogen) atoms. The predicted octanol–water partition coefficient (Wildman–Crippen LogP) is 1.22. The topological polar surface area (TPSA) is 64.1 Å². The van der Waals surface area contributed by atoms with Gasteiger partial charge in [-0.3, -0.25) is 0 Å². The molecule has 6 heteroatoms. The largest absolute Gasteiger partial charge is 0.508 e. The molecule has 0 aliphatic carbocycles. The minimum absolute atomic E-state index is 0.0304. The number of alkyl halides is 3. The first kappa shape index (κ1) is 9.29. The van der Waals surface area contributed by atoms with Crippen molar-refractivity contribution in [1.82, 2.24) is 10.9 Å². The van der Waals surface area contributed by atoms with Crippen LogP contribution in [0.3, 0.4) is 0 Å². The molecule has 0 unspecified atom stereocenters. The molecule has 0 radical (unpaired) electrons. The van der Waals surface area contributed by atoms with Crippen molar-refractivity contribution in [3.05, 3.63) is 29.8 Å². The van der Waals surface area contributed by atoms with Gasteiger partial charge in [0.2, 0.25) is 5.66 Å². The fourth-order valence-corrected chi connectivity index (χ4v) is 1.22. The summed E-state index contributed by atoms with van der Waals surface area (Å²) in [5.41, 5.74) is 2.03. The van der Waals surface area contributed by atoms with E-state index in [1.54, 1.807) is 0 Å². The predicted molar refractivity (Wildman–Crippen MR) is 42.1 cm³/mol. The van der Waals surface area contributed by atoms with Crippen LogP contribution in [0.5, 0.6) is 5.75 Å². The maximum atomic E-state index is 12.5. The lowest BCUT2D eigenvalue weighted by Gasteiger charge is -2.15. The molecule has 1 heterocycles. The fourth-order valence-electron chi connectivity index (χ4n) is 1.22. The average molecular weight is 204 g/mol. The highest BCUT2D eigenvalue weighted by Gasteiger charge is 2.65. The number of hydrazine groups is 1. The van der Waals surface area contributed by atoms with E-state index in [9.17, 15) is 13.2 Å². The zero-order valence-electron chi connectivity index (χ0n) is 6.89. The van der Waals surface area contributed by atoms with Gasteiger partial charge in [0, 0.05) is 0 Å². The molecule has 0 atom stereocenters. The van der Waals surface area contributed by atoms with E-state index in [0.717, 1.165) is 0 Å². The summed E-state index contributed by atoms with van der Waals surface area (Å²) in [5, 5.41) is 8.92. The quantitative estimate of drug-likeness (QED) is 0.602. The van der Waals surface area contributed by atoms with Crippen molar-refractivity contribution in [3.8, 4) is 5.75 Å². The molecule has 3 N–H and O–H groups in total. The Morgan fingerprint density at radius 3 is 1.93 bits per heavy atom. The molecule has 76 valence electrons.